The van der Waals surface area contributed by atoms with Crippen molar-refractivity contribution in [3.8, 4) is 0 Å². The zero-order valence-corrected chi connectivity index (χ0v) is 14.0. The van der Waals surface area contributed by atoms with Crippen LogP contribution in [0.2, 0.25) is 5.02 Å². The van der Waals surface area contributed by atoms with Crippen molar-refractivity contribution in [2.45, 2.75) is 12.6 Å². The van der Waals surface area contributed by atoms with Gasteiger partial charge in [0.25, 0.3) is 5.69 Å². The summed E-state index contributed by atoms with van der Waals surface area (Å²) in [6, 6.07) is 13.3. The number of nitrogens with one attached hydrogen (secondary N) is 3. The van der Waals surface area contributed by atoms with Crippen LogP contribution in [0.1, 0.15) is 17.2 Å². The van der Waals surface area contributed by atoms with E-state index in [4.69, 9.17) is 11.6 Å². The summed E-state index contributed by atoms with van der Waals surface area (Å²) in [5.74, 6) is -0.399. The van der Waals surface area contributed by atoms with Gasteiger partial charge in [-0.1, -0.05) is 35.9 Å². The minimum Gasteiger partial charge on any atom is -0.352 e. The molecule has 0 bridgehead atoms. The van der Waals surface area contributed by atoms with Crippen LogP contribution in [0.25, 0.3) is 0 Å². The van der Waals surface area contributed by atoms with Gasteiger partial charge in [0.05, 0.1) is 16.9 Å². The molecule has 0 spiro atoms. The summed E-state index contributed by atoms with van der Waals surface area (Å²) >= 11 is 5.85. The molecule has 0 aromatic heterocycles. The molecule has 1 aliphatic rings. The Bertz CT molecular complexity index is 764. The molecule has 2 aromatic carbocycles. The van der Waals surface area contributed by atoms with Gasteiger partial charge in [-0.25, -0.2) is 5.43 Å². The molecule has 2 aromatic rings. The lowest BCUT2D eigenvalue weighted by molar-refractivity contribution is -0.384. The zero-order chi connectivity index (χ0) is 17.8. The lowest BCUT2D eigenvalue weighted by Gasteiger charge is -2.18. The van der Waals surface area contributed by atoms with Gasteiger partial charge in [-0.3, -0.25) is 20.3 Å². The number of nitrogens with zero attached hydrogens (tertiary/aromatic N) is 1. The molecule has 1 amide bonds. The molecule has 1 fully saturated rings. The minimum atomic E-state index is -0.444. The fourth-order valence-corrected chi connectivity index (χ4v) is 2.91. The van der Waals surface area contributed by atoms with Gasteiger partial charge in [-0.05, 0) is 23.3 Å². The maximum atomic E-state index is 12.5. The molecule has 3 rings (SSSR count). The predicted octanol–water partition coefficient (Wildman–Crippen LogP) is 2.33. The number of hydrazine groups is 1. The topological polar surface area (TPSA) is 96.3 Å². The second kappa shape index (κ2) is 7.60. The number of halogens is 1. The Hall–Kier alpha value is -2.48. The number of rotatable bonds is 5. The van der Waals surface area contributed by atoms with E-state index in [1.165, 1.54) is 12.1 Å². The molecule has 0 saturated carbocycles. The Morgan fingerprint density at radius 1 is 1.20 bits per heavy atom. The molecule has 0 radical (unpaired) electrons. The van der Waals surface area contributed by atoms with E-state index < -0.39 is 4.92 Å². The molecule has 3 N–H and O–H groups in total. The van der Waals surface area contributed by atoms with E-state index in [1.54, 1.807) is 24.3 Å². The number of hydrogen-bond donors (Lipinski definition) is 3. The normalized spacial score (nSPS) is 19.6. The summed E-state index contributed by atoms with van der Waals surface area (Å²) in [7, 11) is 0. The van der Waals surface area contributed by atoms with Crippen molar-refractivity contribution >= 4 is 23.2 Å². The first-order valence-electron chi connectivity index (χ1n) is 7.79. The van der Waals surface area contributed by atoms with Crippen molar-refractivity contribution in [3.05, 3.63) is 74.8 Å². The van der Waals surface area contributed by atoms with E-state index in [1.807, 2.05) is 12.1 Å². The first kappa shape index (κ1) is 17.3. The SMILES string of the molecule is O=C(NCc1ccc(Cl)cc1)C1CNNC1c1ccc([N+](=O)[O-])cc1. The van der Waals surface area contributed by atoms with Gasteiger partial charge < -0.3 is 5.32 Å². The fourth-order valence-electron chi connectivity index (χ4n) is 2.78. The largest absolute Gasteiger partial charge is 0.352 e. The molecule has 2 atom stereocenters. The Balaban J connectivity index is 1.65. The van der Waals surface area contributed by atoms with Gasteiger partial charge in [0, 0.05) is 30.2 Å². The number of nitro benzene ring substituents is 1. The molecule has 7 nitrogen and oxygen atoms in total. The van der Waals surface area contributed by atoms with E-state index in [-0.39, 0.29) is 23.6 Å². The second-order valence-electron chi connectivity index (χ2n) is 5.80. The summed E-state index contributed by atoms with van der Waals surface area (Å²) in [6.07, 6.45) is 0. The van der Waals surface area contributed by atoms with E-state index in [0.29, 0.717) is 18.1 Å². The van der Waals surface area contributed by atoms with Crippen LogP contribution in [0.3, 0.4) is 0 Å². The number of carbonyl (C=O) groups excluding carboxylic acids is 1. The number of amides is 1. The first-order valence-corrected chi connectivity index (χ1v) is 8.17. The van der Waals surface area contributed by atoms with Crippen molar-refractivity contribution in [1.82, 2.24) is 16.2 Å². The number of carbonyl (C=O) groups is 1. The first-order chi connectivity index (χ1) is 12.0. The van der Waals surface area contributed by atoms with Crippen molar-refractivity contribution < 1.29 is 9.72 Å². The Labute approximate surface area is 149 Å². The van der Waals surface area contributed by atoms with Crippen LogP contribution in [0.4, 0.5) is 5.69 Å². The minimum absolute atomic E-state index is 0.0263. The Kier molecular flexibility index (Phi) is 5.28. The molecule has 8 heteroatoms. The van der Waals surface area contributed by atoms with Crippen LogP contribution >= 0.6 is 11.6 Å². The molecule has 0 aliphatic carbocycles. The number of benzene rings is 2. The smallest absolute Gasteiger partial charge is 0.269 e. The van der Waals surface area contributed by atoms with Gasteiger partial charge in [0.15, 0.2) is 0 Å². The standard InChI is InChI=1S/C17H17ClN4O3/c18-13-5-1-11(2-6-13)9-19-17(23)15-10-20-21-16(15)12-3-7-14(8-4-12)22(24)25/h1-8,15-16,20-21H,9-10H2,(H,19,23). The van der Waals surface area contributed by atoms with Crippen LogP contribution in [0, 0.1) is 16.0 Å². The monoisotopic (exact) mass is 360 g/mol. The van der Waals surface area contributed by atoms with Crippen LogP contribution < -0.4 is 16.2 Å². The Morgan fingerprint density at radius 3 is 2.52 bits per heavy atom. The lowest BCUT2D eigenvalue weighted by Crippen LogP contribution is -2.34. The van der Waals surface area contributed by atoms with Gasteiger partial charge in [0.2, 0.25) is 5.91 Å². The fraction of sp³-hybridized carbons (Fsp3) is 0.235. The van der Waals surface area contributed by atoms with Crippen LogP contribution in [-0.2, 0) is 11.3 Å². The summed E-state index contributed by atoms with van der Waals surface area (Å²) in [4.78, 5) is 22.8. The van der Waals surface area contributed by atoms with E-state index in [9.17, 15) is 14.9 Å². The zero-order valence-electron chi connectivity index (χ0n) is 13.2. The molecular weight excluding hydrogens is 344 g/mol. The van der Waals surface area contributed by atoms with Crippen molar-refractivity contribution in [2.24, 2.45) is 5.92 Å². The van der Waals surface area contributed by atoms with Crippen LogP contribution in [-0.4, -0.2) is 17.4 Å². The van der Waals surface area contributed by atoms with Crippen LogP contribution in [0.15, 0.2) is 48.5 Å². The van der Waals surface area contributed by atoms with Gasteiger partial charge in [-0.2, -0.15) is 0 Å². The molecule has 2 unspecified atom stereocenters. The quantitative estimate of drug-likeness (QED) is 0.561. The summed E-state index contributed by atoms with van der Waals surface area (Å²) < 4.78 is 0. The van der Waals surface area contributed by atoms with Gasteiger partial charge >= 0.3 is 0 Å². The molecular formula is C17H17ClN4O3. The maximum absolute atomic E-state index is 12.5. The van der Waals surface area contributed by atoms with Gasteiger partial charge in [0.1, 0.15) is 0 Å². The third kappa shape index (κ3) is 4.14. The molecule has 1 saturated heterocycles. The number of non-ortho nitro benzene ring substituents is 1. The number of nitro groups is 1. The van der Waals surface area contributed by atoms with Crippen molar-refractivity contribution in [2.75, 3.05) is 6.54 Å². The number of hydrogen-bond acceptors (Lipinski definition) is 5. The highest BCUT2D eigenvalue weighted by molar-refractivity contribution is 6.30. The summed E-state index contributed by atoms with van der Waals surface area (Å²) in [5, 5.41) is 14.3. The average molecular weight is 361 g/mol. The highest BCUT2D eigenvalue weighted by atomic mass is 35.5. The van der Waals surface area contributed by atoms with Gasteiger partial charge in [-0.15, -0.1) is 0 Å². The third-order valence-corrected chi connectivity index (χ3v) is 4.41. The highest BCUT2D eigenvalue weighted by Gasteiger charge is 2.33. The maximum Gasteiger partial charge on any atom is 0.269 e. The Morgan fingerprint density at radius 2 is 1.88 bits per heavy atom. The van der Waals surface area contributed by atoms with Crippen molar-refractivity contribution in [3.63, 3.8) is 0 Å². The second-order valence-corrected chi connectivity index (χ2v) is 6.24. The van der Waals surface area contributed by atoms with E-state index in [2.05, 4.69) is 16.2 Å². The molecule has 1 aliphatic heterocycles. The highest BCUT2D eigenvalue weighted by Crippen LogP contribution is 2.26. The van der Waals surface area contributed by atoms with Crippen LogP contribution in [0.5, 0.6) is 0 Å². The summed E-state index contributed by atoms with van der Waals surface area (Å²) in [6.45, 7) is 0.896. The molecule has 1 heterocycles. The van der Waals surface area contributed by atoms with Crippen molar-refractivity contribution in [1.29, 1.82) is 0 Å². The molecule has 25 heavy (non-hydrogen) atoms. The van der Waals surface area contributed by atoms with E-state index in [0.717, 1.165) is 11.1 Å². The predicted molar refractivity (Wildman–Crippen MR) is 93.8 cm³/mol. The summed E-state index contributed by atoms with van der Waals surface area (Å²) in [5.41, 5.74) is 7.85. The molecule has 130 valence electrons. The van der Waals surface area contributed by atoms with E-state index >= 15 is 0 Å². The third-order valence-electron chi connectivity index (χ3n) is 4.16. The lowest BCUT2D eigenvalue weighted by atomic mass is 9.94. The average Bonchev–Trinajstić information content (AvgIpc) is 3.11.